The third-order valence-corrected chi connectivity index (χ3v) is 8.20. The lowest BCUT2D eigenvalue weighted by molar-refractivity contribution is -0.137. The van der Waals surface area contributed by atoms with Crippen LogP contribution < -0.4 is 10.2 Å². The van der Waals surface area contributed by atoms with Crippen molar-refractivity contribution in [2.45, 2.75) is 37.3 Å². The molecule has 2 amide bonds. The summed E-state index contributed by atoms with van der Waals surface area (Å²) in [6, 6.07) is 12.0. The zero-order valence-electron chi connectivity index (χ0n) is 18.1. The van der Waals surface area contributed by atoms with Crippen molar-refractivity contribution in [1.82, 2.24) is 15.1 Å². The van der Waals surface area contributed by atoms with E-state index in [1.54, 1.807) is 0 Å². The largest absolute Gasteiger partial charge is 0.368 e. The molecule has 9 heteroatoms. The van der Waals surface area contributed by atoms with Crippen molar-refractivity contribution in [3.05, 3.63) is 63.1 Å². The normalized spacial score (nSPS) is 24.2. The average molecular weight is 505 g/mol. The molecule has 0 saturated carbocycles. The van der Waals surface area contributed by atoms with Crippen LogP contribution in [0.4, 0.5) is 5.69 Å². The number of imide groups is 1. The molecule has 0 aromatic heterocycles. The quantitative estimate of drug-likeness (QED) is 0.488. The highest BCUT2D eigenvalue weighted by molar-refractivity contribution is 7.80. The standard InChI is InChI=1S/C24H26Cl2N4O2S/c25-18-2-1-3-19(22(18)26)29-10-8-28(9-11-29)13-15-4-5-17-16(12-15)14-30(24(17)33)20-6-7-21(31)27-23(20)32/h1-5,12,20,24,33H,6-11,13-14H2,(H,27,31,32). The Kier molecular flexibility index (Phi) is 6.60. The smallest absolute Gasteiger partial charge is 0.243 e. The molecule has 3 aliphatic heterocycles. The van der Waals surface area contributed by atoms with Gasteiger partial charge < -0.3 is 4.90 Å². The van der Waals surface area contributed by atoms with Crippen LogP contribution in [0.2, 0.25) is 10.0 Å². The average Bonchev–Trinajstić information content (AvgIpc) is 3.12. The molecule has 33 heavy (non-hydrogen) atoms. The van der Waals surface area contributed by atoms with Gasteiger partial charge in [0.2, 0.25) is 11.8 Å². The number of carbonyl (C=O) groups is 2. The number of piperidine rings is 1. The predicted octanol–water partition coefficient (Wildman–Crippen LogP) is 3.86. The first kappa shape index (κ1) is 23.0. The molecule has 3 heterocycles. The number of carbonyl (C=O) groups excluding carboxylic acids is 2. The highest BCUT2D eigenvalue weighted by Gasteiger charge is 2.39. The number of rotatable bonds is 4. The van der Waals surface area contributed by atoms with Crippen molar-refractivity contribution >= 4 is 53.3 Å². The van der Waals surface area contributed by atoms with E-state index in [1.807, 2.05) is 18.2 Å². The van der Waals surface area contributed by atoms with Gasteiger partial charge in [-0.3, -0.25) is 24.7 Å². The highest BCUT2D eigenvalue weighted by atomic mass is 35.5. The molecular formula is C24H26Cl2N4O2S. The Labute approximate surface area is 209 Å². The first-order valence-electron chi connectivity index (χ1n) is 11.2. The summed E-state index contributed by atoms with van der Waals surface area (Å²) >= 11 is 17.4. The number of halogens is 2. The zero-order chi connectivity index (χ0) is 23.1. The molecule has 2 saturated heterocycles. The van der Waals surface area contributed by atoms with Crippen LogP contribution in [0.15, 0.2) is 36.4 Å². The number of nitrogens with zero attached hydrogens (tertiary/aromatic N) is 3. The summed E-state index contributed by atoms with van der Waals surface area (Å²) in [4.78, 5) is 30.7. The molecule has 2 fully saturated rings. The van der Waals surface area contributed by atoms with Gasteiger partial charge >= 0.3 is 0 Å². The van der Waals surface area contributed by atoms with Crippen molar-refractivity contribution in [1.29, 1.82) is 0 Å². The topological polar surface area (TPSA) is 55.9 Å². The number of benzene rings is 2. The third kappa shape index (κ3) is 4.62. The SMILES string of the molecule is O=C1CCC(N2Cc3cc(CN4CCN(c5cccc(Cl)c5Cl)CC4)ccc3C2S)C(=O)N1. The molecule has 5 rings (SSSR count). The van der Waals surface area contributed by atoms with E-state index < -0.39 is 0 Å². The molecule has 2 aromatic carbocycles. The fourth-order valence-electron chi connectivity index (χ4n) is 5.03. The number of thiol groups is 1. The summed E-state index contributed by atoms with van der Waals surface area (Å²) in [5.41, 5.74) is 4.61. The van der Waals surface area contributed by atoms with E-state index in [9.17, 15) is 9.59 Å². The zero-order valence-corrected chi connectivity index (χ0v) is 20.5. The molecule has 0 spiro atoms. The van der Waals surface area contributed by atoms with Gasteiger partial charge in [0, 0.05) is 45.7 Å². The lowest BCUT2D eigenvalue weighted by atomic mass is 10.0. The van der Waals surface area contributed by atoms with E-state index in [0.29, 0.717) is 29.4 Å². The van der Waals surface area contributed by atoms with Crippen molar-refractivity contribution in [2.75, 3.05) is 31.1 Å². The second kappa shape index (κ2) is 9.47. The summed E-state index contributed by atoms with van der Waals surface area (Å²) in [6.07, 6.45) is 0.921. The molecule has 2 unspecified atom stereocenters. The summed E-state index contributed by atoms with van der Waals surface area (Å²) in [6.45, 7) is 5.22. The Morgan fingerprint density at radius 1 is 1.06 bits per heavy atom. The minimum Gasteiger partial charge on any atom is -0.368 e. The van der Waals surface area contributed by atoms with Gasteiger partial charge in [0.15, 0.2) is 0 Å². The molecule has 2 aromatic rings. The van der Waals surface area contributed by atoms with E-state index in [4.69, 9.17) is 35.8 Å². The van der Waals surface area contributed by atoms with E-state index in [-0.39, 0.29) is 23.2 Å². The van der Waals surface area contributed by atoms with Crippen molar-refractivity contribution in [2.24, 2.45) is 0 Å². The monoisotopic (exact) mass is 504 g/mol. The van der Waals surface area contributed by atoms with Crippen LogP contribution in [0.25, 0.3) is 0 Å². The van der Waals surface area contributed by atoms with Gasteiger partial charge in [-0.1, -0.05) is 47.5 Å². The maximum Gasteiger partial charge on any atom is 0.243 e. The fraction of sp³-hybridized carbons (Fsp3) is 0.417. The van der Waals surface area contributed by atoms with Crippen LogP contribution in [0, 0.1) is 0 Å². The summed E-state index contributed by atoms with van der Waals surface area (Å²) < 4.78 is 0. The van der Waals surface area contributed by atoms with Gasteiger partial charge in [-0.25, -0.2) is 0 Å². The van der Waals surface area contributed by atoms with Crippen molar-refractivity contribution < 1.29 is 9.59 Å². The molecule has 0 bridgehead atoms. The Hall–Kier alpha value is -1.77. The fourth-order valence-corrected chi connectivity index (χ4v) is 5.94. The van der Waals surface area contributed by atoms with Crippen LogP contribution in [0.5, 0.6) is 0 Å². The second-order valence-corrected chi connectivity index (χ2v) is 10.2. The predicted molar refractivity (Wildman–Crippen MR) is 134 cm³/mol. The maximum atomic E-state index is 12.4. The number of amides is 2. The minimum atomic E-state index is -0.313. The van der Waals surface area contributed by atoms with Gasteiger partial charge in [0.25, 0.3) is 0 Å². The molecule has 6 nitrogen and oxygen atoms in total. The van der Waals surface area contributed by atoms with Crippen LogP contribution in [0.1, 0.15) is 34.9 Å². The Morgan fingerprint density at radius 2 is 1.85 bits per heavy atom. The van der Waals surface area contributed by atoms with E-state index in [0.717, 1.165) is 44.0 Å². The van der Waals surface area contributed by atoms with E-state index in [2.05, 4.69) is 38.2 Å². The molecular weight excluding hydrogens is 479 g/mol. The molecule has 1 N–H and O–H groups in total. The molecule has 3 aliphatic rings. The summed E-state index contributed by atoms with van der Waals surface area (Å²) in [7, 11) is 0. The first-order valence-corrected chi connectivity index (χ1v) is 12.5. The lowest BCUT2D eigenvalue weighted by Gasteiger charge is -2.36. The Balaban J connectivity index is 1.21. The lowest BCUT2D eigenvalue weighted by Crippen LogP contribution is -2.51. The van der Waals surface area contributed by atoms with Gasteiger partial charge in [0.05, 0.1) is 27.1 Å². The van der Waals surface area contributed by atoms with E-state index in [1.165, 1.54) is 11.1 Å². The van der Waals surface area contributed by atoms with Crippen molar-refractivity contribution in [3.63, 3.8) is 0 Å². The number of piperazine rings is 1. The number of hydrogen-bond acceptors (Lipinski definition) is 6. The van der Waals surface area contributed by atoms with Gasteiger partial charge in [0.1, 0.15) is 0 Å². The molecule has 0 radical (unpaired) electrons. The van der Waals surface area contributed by atoms with Crippen LogP contribution in [-0.2, 0) is 22.7 Å². The number of anilines is 1. The first-order chi connectivity index (χ1) is 15.9. The molecule has 2 atom stereocenters. The molecule has 174 valence electrons. The Morgan fingerprint density at radius 3 is 2.61 bits per heavy atom. The van der Waals surface area contributed by atoms with Crippen molar-refractivity contribution in [3.8, 4) is 0 Å². The Bertz CT molecular complexity index is 1090. The van der Waals surface area contributed by atoms with Gasteiger partial charge in [-0.05, 0) is 35.2 Å². The van der Waals surface area contributed by atoms with Crippen LogP contribution in [0.3, 0.4) is 0 Å². The van der Waals surface area contributed by atoms with Crippen LogP contribution >= 0.6 is 35.8 Å². The summed E-state index contributed by atoms with van der Waals surface area (Å²) in [5, 5.41) is 3.53. The molecule has 0 aliphatic carbocycles. The van der Waals surface area contributed by atoms with Gasteiger partial charge in [-0.2, -0.15) is 12.6 Å². The summed E-state index contributed by atoms with van der Waals surface area (Å²) in [5.74, 6) is -0.403. The highest BCUT2D eigenvalue weighted by Crippen LogP contribution is 2.39. The third-order valence-electron chi connectivity index (χ3n) is 6.81. The number of hydrogen-bond donors (Lipinski definition) is 2. The number of nitrogens with one attached hydrogen (secondary N) is 1. The van der Waals surface area contributed by atoms with Crippen LogP contribution in [-0.4, -0.2) is 53.8 Å². The maximum absolute atomic E-state index is 12.4. The van der Waals surface area contributed by atoms with Gasteiger partial charge in [-0.15, -0.1) is 0 Å². The second-order valence-electron chi connectivity index (χ2n) is 8.88. The minimum absolute atomic E-state index is 0.135. The number of fused-ring (bicyclic) bond motifs is 1. The van der Waals surface area contributed by atoms with E-state index >= 15 is 0 Å².